The van der Waals surface area contributed by atoms with Gasteiger partial charge in [0.1, 0.15) is 5.52 Å². The number of hydrogen-bond donors (Lipinski definition) is 1. The lowest BCUT2D eigenvalue weighted by molar-refractivity contribution is 0.0492. The Balaban J connectivity index is 2.29. The lowest BCUT2D eigenvalue weighted by Gasteiger charge is -2.04. The van der Waals surface area contributed by atoms with Crippen LogP contribution in [0, 0.1) is 0 Å². The number of aromatic nitrogens is 3. The fourth-order valence-corrected chi connectivity index (χ4v) is 1.79. The number of carbonyl (C=O) groups is 1. The molecule has 0 aliphatic heterocycles. The molecule has 2 rings (SSSR count). The molecular weight excluding hydrogens is 258 g/mol. The number of nitrogens with one attached hydrogen (secondary N) is 1. The van der Waals surface area contributed by atoms with Crippen molar-refractivity contribution in [3.8, 4) is 0 Å². The Kier molecular flexibility index (Phi) is 4.45. The van der Waals surface area contributed by atoms with Crippen LogP contribution >= 0.6 is 0 Å². The number of aromatic amines is 1. The maximum absolute atomic E-state index is 11.8. The Morgan fingerprint density at radius 1 is 1.30 bits per heavy atom. The van der Waals surface area contributed by atoms with Crippen LogP contribution in [0.5, 0.6) is 0 Å². The molecule has 106 valence electrons. The zero-order valence-corrected chi connectivity index (χ0v) is 11.6. The third kappa shape index (κ3) is 3.01. The third-order valence-electron chi connectivity index (χ3n) is 2.99. The van der Waals surface area contributed by atoms with Crippen molar-refractivity contribution in [2.24, 2.45) is 0 Å². The highest BCUT2D eigenvalue weighted by atomic mass is 16.5. The van der Waals surface area contributed by atoms with E-state index < -0.39 is 5.97 Å². The molecule has 6 heteroatoms. The Morgan fingerprint density at radius 3 is 2.80 bits per heavy atom. The zero-order valence-electron chi connectivity index (χ0n) is 11.6. The standard InChI is InChI=1S/C14H17N3O3/c1-3-5-6-20-14(19)12-8-10-11(16-17-12)7-9(4-2)13(18)15-10/h7-8H,3-6H2,1-2H3,(H,15,18). The van der Waals surface area contributed by atoms with Gasteiger partial charge in [-0.1, -0.05) is 20.3 Å². The fraction of sp³-hybridized carbons (Fsp3) is 0.429. The molecule has 0 fully saturated rings. The molecule has 0 amide bonds. The maximum Gasteiger partial charge on any atom is 0.358 e. The molecule has 0 saturated carbocycles. The van der Waals surface area contributed by atoms with Gasteiger partial charge in [-0.2, -0.15) is 0 Å². The first kappa shape index (κ1) is 14.2. The Hall–Kier alpha value is -2.24. The zero-order chi connectivity index (χ0) is 14.5. The van der Waals surface area contributed by atoms with Crippen LogP contribution in [0.15, 0.2) is 16.9 Å². The number of aryl methyl sites for hydroxylation is 1. The predicted octanol–water partition coefficient (Wildman–Crippen LogP) is 1.84. The Bertz CT molecular complexity index is 679. The van der Waals surface area contributed by atoms with Gasteiger partial charge in [0.25, 0.3) is 5.56 Å². The number of ether oxygens (including phenoxy) is 1. The summed E-state index contributed by atoms with van der Waals surface area (Å²) in [6.07, 6.45) is 2.38. The summed E-state index contributed by atoms with van der Waals surface area (Å²) in [7, 11) is 0. The van der Waals surface area contributed by atoms with E-state index in [1.807, 2.05) is 13.8 Å². The number of H-pyrrole nitrogens is 1. The molecule has 0 radical (unpaired) electrons. The highest BCUT2D eigenvalue weighted by Gasteiger charge is 2.12. The molecule has 0 saturated heterocycles. The number of pyridine rings is 1. The largest absolute Gasteiger partial charge is 0.461 e. The molecule has 0 aromatic carbocycles. The van der Waals surface area contributed by atoms with Crippen LogP contribution in [0.4, 0.5) is 0 Å². The third-order valence-corrected chi connectivity index (χ3v) is 2.99. The highest BCUT2D eigenvalue weighted by molar-refractivity contribution is 5.90. The van der Waals surface area contributed by atoms with E-state index in [9.17, 15) is 9.59 Å². The minimum atomic E-state index is -0.520. The van der Waals surface area contributed by atoms with Gasteiger partial charge in [-0.3, -0.25) is 4.79 Å². The van der Waals surface area contributed by atoms with Crippen molar-refractivity contribution >= 4 is 17.0 Å². The van der Waals surface area contributed by atoms with Gasteiger partial charge in [0, 0.05) is 5.56 Å². The van der Waals surface area contributed by atoms with Gasteiger partial charge >= 0.3 is 5.97 Å². The highest BCUT2D eigenvalue weighted by Crippen LogP contribution is 2.09. The SMILES string of the molecule is CCCCOC(=O)c1cc2[nH]c(=O)c(CC)cc2nn1. The van der Waals surface area contributed by atoms with E-state index in [-0.39, 0.29) is 11.3 Å². The van der Waals surface area contributed by atoms with Crippen LogP contribution in [0.3, 0.4) is 0 Å². The van der Waals surface area contributed by atoms with Crippen LogP contribution in [0.1, 0.15) is 42.7 Å². The number of rotatable bonds is 5. The molecule has 0 atom stereocenters. The second-order valence-electron chi connectivity index (χ2n) is 4.50. The van der Waals surface area contributed by atoms with E-state index in [0.29, 0.717) is 29.6 Å². The first-order valence-electron chi connectivity index (χ1n) is 6.72. The minimum Gasteiger partial charge on any atom is -0.461 e. The van der Waals surface area contributed by atoms with Crippen LogP contribution in [0.2, 0.25) is 0 Å². The van der Waals surface area contributed by atoms with E-state index in [2.05, 4.69) is 15.2 Å². The van der Waals surface area contributed by atoms with Crippen LogP contribution < -0.4 is 5.56 Å². The molecule has 2 heterocycles. The van der Waals surface area contributed by atoms with Gasteiger partial charge in [0.05, 0.1) is 12.1 Å². The first-order chi connectivity index (χ1) is 9.65. The van der Waals surface area contributed by atoms with Gasteiger partial charge in [-0.05, 0) is 25.0 Å². The Morgan fingerprint density at radius 2 is 2.10 bits per heavy atom. The van der Waals surface area contributed by atoms with E-state index >= 15 is 0 Å². The lowest BCUT2D eigenvalue weighted by Crippen LogP contribution is -2.14. The topological polar surface area (TPSA) is 84.9 Å². The minimum absolute atomic E-state index is 0.105. The molecule has 0 aliphatic carbocycles. The molecule has 2 aromatic rings. The molecule has 0 bridgehead atoms. The van der Waals surface area contributed by atoms with Crippen molar-refractivity contribution in [1.29, 1.82) is 0 Å². The van der Waals surface area contributed by atoms with Gasteiger partial charge in [0.15, 0.2) is 5.69 Å². The first-order valence-corrected chi connectivity index (χ1v) is 6.72. The normalized spacial score (nSPS) is 10.7. The number of nitrogens with zero attached hydrogens (tertiary/aromatic N) is 2. The maximum atomic E-state index is 11.8. The van der Waals surface area contributed by atoms with Gasteiger partial charge in [-0.15, -0.1) is 10.2 Å². The van der Waals surface area contributed by atoms with Crippen molar-refractivity contribution in [2.75, 3.05) is 6.61 Å². The Labute approximate surface area is 116 Å². The van der Waals surface area contributed by atoms with Crippen molar-refractivity contribution < 1.29 is 9.53 Å². The second-order valence-corrected chi connectivity index (χ2v) is 4.50. The van der Waals surface area contributed by atoms with Crippen molar-refractivity contribution in [2.45, 2.75) is 33.1 Å². The number of carbonyl (C=O) groups excluding carboxylic acids is 1. The van der Waals surface area contributed by atoms with Crippen LogP contribution in [-0.4, -0.2) is 27.8 Å². The average Bonchev–Trinajstić information content (AvgIpc) is 2.46. The number of hydrogen-bond acceptors (Lipinski definition) is 5. The smallest absolute Gasteiger partial charge is 0.358 e. The summed E-state index contributed by atoms with van der Waals surface area (Å²) < 4.78 is 5.06. The van der Waals surface area contributed by atoms with E-state index in [0.717, 1.165) is 12.8 Å². The van der Waals surface area contributed by atoms with E-state index in [1.165, 1.54) is 6.07 Å². The molecule has 0 aliphatic rings. The summed E-state index contributed by atoms with van der Waals surface area (Å²) in [5.74, 6) is -0.520. The van der Waals surface area contributed by atoms with E-state index in [4.69, 9.17) is 4.74 Å². The van der Waals surface area contributed by atoms with Crippen molar-refractivity contribution in [1.82, 2.24) is 15.2 Å². The number of unbranched alkanes of at least 4 members (excludes halogenated alkanes) is 1. The fourth-order valence-electron chi connectivity index (χ4n) is 1.79. The molecule has 20 heavy (non-hydrogen) atoms. The van der Waals surface area contributed by atoms with Gasteiger partial charge in [-0.25, -0.2) is 4.79 Å². The van der Waals surface area contributed by atoms with Crippen LogP contribution in [-0.2, 0) is 11.2 Å². The monoisotopic (exact) mass is 275 g/mol. The van der Waals surface area contributed by atoms with Gasteiger partial charge < -0.3 is 9.72 Å². The number of esters is 1. The molecule has 6 nitrogen and oxygen atoms in total. The molecule has 0 spiro atoms. The molecule has 1 N–H and O–H groups in total. The molecular formula is C14H17N3O3. The molecule has 2 aromatic heterocycles. The summed E-state index contributed by atoms with van der Waals surface area (Å²) in [5, 5.41) is 7.80. The summed E-state index contributed by atoms with van der Waals surface area (Å²) in [4.78, 5) is 26.2. The van der Waals surface area contributed by atoms with Crippen LogP contribution in [0.25, 0.3) is 11.0 Å². The summed E-state index contributed by atoms with van der Waals surface area (Å²) in [5.41, 5.74) is 1.63. The average molecular weight is 275 g/mol. The predicted molar refractivity (Wildman–Crippen MR) is 74.7 cm³/mol. The summed E-state index contributed by atoms with van der Waals surface area (Å²) in [6.45, 7) is 4.27. The number of fused-ring (bicyclic) bond motifs is 1. The quantitative estimate of drug-likeness (QED) is 0.664. The second kappa shape index (κ2) is 6.27. The molecule has 0 unspecified atom stereocenters. The lowest BCUT2D eigenvalue weighted by atomic mass is 10.2. The summed E-state index contributed by atoms with van der Waals surface area (Å²) >= 11 is 0. The van der Waals surface area contributed by atoms with Crippen molar-refractivity contribution in [3.05, 3.63) is 33.7 Å². The van der Waals surface area contributed by atoms with Crippen molar-refractivity contribution in [3.63, 3.8) is 0 Å². The van der Waals surface area contributed by atoms with Gasteiger partial charge in [0.2, 0.25) is 0 Å². The van der Waals surface area contributed by atoms with E-state index in [1.54, 1.807) is 6.07 Å². The summed E-state index contributed by atoms with van der Waals surface area (Å²) in [6, 6.07) is 3.19.